The van der Waals surface area contributed by atoms with Gasteiger partial charge in [-0.2, -0.15) is 0 Å². The highest BCUT2D eigenvalue weighted by molar-refractivity contribution is 6.30. The van der Waals surface area contributed by atoms with Gasteiger partial charge in [-0.25, -0.2) is 9.59 Å². The number of carbonyl (C=O) groups is 2. The fourth-order valence-electron chi connectivity index (χ4n) is 4.37. The Morgan fingerprint density at radius 2 is 1.44 bits per heavy atom. The van der Waals surface area contributed by atoms with Crippen molar-refractivity contribution in [3.63, 3.8) is 0 Å². The molecule has 1 aliphatic heterocycles. The number of hydrogen-bond acceptors (Lipinski definition) is 5. The summed E-state index contributed by atoms with van der Waals surface area (Å²) in [5.41, 5.74) is 1.03. The quantitative estimate of drug-likeness (QED) is 0.511. The lowest BCUT2D eigenvalue weighted by atomic mass is 9.75. The Morgan fingerprint density at radius 1 is 0.844 bits per heavy atom. The van der Waals surface area contributed by atoms with E-state index in [1.54, 1.807) is 23.1 Å². The minimum Gasteiger partial charge on any atom is -0.467 e. The maximum Gasteiger partial charge on any atom is 0.354 e. The van der Waals surface area contributed by atoms with Gasteiger partial charge in [0, 0.05) is 16.6 Å². The number of para-hydroxylation sites is 1. The molecule has 1 aliphatic rings. The zero-order valence-electron chi connectivity index (χ0n) is 17.7. The summed E-state index contributed by atoms with van der Waals surface area (Å²) >= 11 is 6.13. The van der Waals surface area contributed by atoms with Crippen molar-refractivity contribution in [3.05, 3.63) is 113 Å². The molecule has 4 rings (SSSR count). The molecule has 0 bridgehead atoms. The molecule has 0 fully saturated rings. The summed E-state index contributed by atoms with van der Waals surface area (Å²) in [6.07, 6.45) is 1.77. The van der Waals surface area contributed by atoms with Crippen molar-refractivity contribution >= 4 is 29.2 Å². The van der Waals surface area contributed by atoms with Crippen LogP contribution in [0.2, 0.25) is 5.02 Å². The highest BCUT2D eigenvalue weighted by atomic mass is 35.5. The molecule has 1 heterocycles. The van der Waals surface area contributed by atoms with E-state index in [0.29, 0.717) is 16.3 Å². The molecule has 0 unspecified atom stereocenters. The number of halogens is 1. The molecule has 0 spiro atoms. The smallest absolute Gasteiger partial charge is 0.354 e. The predicted molar refractivity (Wildman–Crippen MR) is 123 cm³/mol. The van der Waals surface area contributed by atoms with Gasteiger partial charge in [0.1, 0.15) is 5.70 Å². The standard InChI is InChI=1S/C26H22ClNO4/c1-31-24(29)23-17-22(18-13-15-20(27)16-14-18)26(25(30)32-2,19-9-5-3-6-10-19)28(23)21-11-7-4-8-12-21/h3-17,22H,1-2H3/t22-,26-/m1/s1. The normalized spacial score (nSPS) is 19.9. The van der Waals surface area contributed by atoms with E-state index >= 15 is 0 Å². The monoisotopic (exact) mass is 447 g/mol. The van der Waals surface area contributed by atoms with Crippen LogP contribution in [-0.2, 0) is 24.6 Å². The zero-order valence-corrected chi connectivity index (χ0v) is 18.5. The van der Waals surface area contributed by atoms with Crippen molar-refractivity contribution in [1.29, 1.82) is 0 Å². The second kappa shape index (κ2) is 8.89. The lowest BCUT2D eigenvalue weighted by Crippen LogP contribution is -2.53. The average molecular weight is 448 g/mol. The summed E-state index contributed by atoms with van der Waals surface area (Å²) in [4.78, 5) is 28.4. The number of anilines is 1. The Bertz CT molecular complexity index is 1150. The van der Waals surface area contributed by atoms with Gasteiger partial charge in [-0.1, -0.05) is 72.3 Å². The molecule has 0 saturated carbocycles. The van der Waals surface area contributed by atoms with E-state index in [2.05, 4.69) is 0 Å². The van der Waals surface area contributed by atoms with E-state index in [1.807, 2.05) is 72.8 Å². The Morgan fingerprint density at radius 3 is 2.00 bits per heavy atom. The SMILES string of the molecule is COC(=O)C1=C[C@H](c2ccc(Cl)cc2)[C@@](C(=O)OC)(c2ccccc2)N1c1ccccc1. The van der Waals surface area contributed by atoms with E-state index in [4.69, 9.17) is 21.1 Å². The number of hydrogen-bond donors (Lipinski definition) is 0. The molecule has 0 amide bonds. The molecule has 2 atom stereocenters. The van der Waals surface area contributed by atoms with Crippen LogP contribution in [0.3, 0.4) is 0 Å². The topological polar surface area (TPSA) is 55.8 Å². The van der Waals surface area contributed by atoms with Crippen molar-refractivity contribution in [2.45, 2.75) is 11.5 Å². The number of methoxy groups -OCH3 is 2. The fraction of sp³-hybridized carbons (Fsp3) is 0.154. The van der Waals surface area contributed by atoms with Gasteiger partial charge in [0.2, 0.25) is 0 Å². The molecule has 0 aromatic heterocycles. The van der Waals surface area contributed by atoms with Crippen molar-refractivity contribution < 1.29 is 19.1 Å². The van der Waals surface area contributed by atoms with E-state index in [-0.39, 0.29) is 5.70 Å². The summed E-state index contributed by atoms with van der Waals surface area (Å²) in [6, 6.07) is 25.8. The number of rotatable bonds is 5. The van der Waals surface area contributed by atoms with Gasteiger partial charge in [-0.3, -0.25) is 0 Å². The molecule has 0 saturated heterocycles. The Balaban J connectivity index is 2.08. The first-order chi connectivity index (χ1) is 15.5. The molecule has 3 aromatic rings. The molecule has 32 heavy (non-hydrogen) atoms. The molecule has 6 heteroatoms. The number of nitrogens with zero attached hydrogens (tertiary/aromatic N) is 1. The Kier molecular flexibility index (Phi) is 6.01. The number of ether oxygens (including phenoxy) is 2. The summed E-state index contributed by atoms with van der Waals surface area (Å²) in [7, 11) is 2.68. The van der Waals surface area contributed by atoms with E-state index < -0.39 is 23.4 Å². The average Bonchev–Trinajstić information content (AvgIpc) is 3.21. The molecule has 3 aromatic carbocycles. The first kappa shape index (κ1) is 21.7. The van der Waals surface area contributed by atoms with Gasteiger partial charge in [-0.15, -0.1) is 0 Å². The van der Waals surface area contributed by atoms with Crippen molar-refractivity contribution in [2.24, 2.45) is 0 Å². The van der Waals surface area contributed by atoms with Crippen LogP contribution < -0.4 is 4.90 Å². The maximum absolute atomic E-state index is 13.8. The molecule has 5 nitrogen and oxygen atoms in total. The lowest BCUT2D eigenvalue weighted by Gasteiger charge is -2.42. The van der Waals surface area contributed by atoms with Crippen LogP contribution in [0.15, 0.2) is 96.7 Å². The van der Waals surface area contributed by atoms with Gasteiger partial charge in [0.15, 0.2) is 5.54 Å². The number of esters is 2. The highest BCUT2D eigenvalue weighted by Crippen LogP contribution is 2.53. The molecular formula is C26H22ClNO4. The molecular weight excluding hydrogens is 426 g/mol. The van der Waals surface area contributed by atoms with Crippen molar-refractivity contribution in [3.8, 4) is 0 Å². The van der Waals surface area contributed by atoms with Crippen molar-refractivity contribution in [2.75, 3.05) is 19.1 Å². The van der Waals surface area contributed by atoms with Crippen LogP contribution in [0, 0.1) is 0 Å². The van der Waals surface area contributed by atoms with Crippen LogP contribution in [-0.4, -0.2) is 26.2 Å². The first-order valence-electron chi connectivity index (χ1n) is 10.1. The van der Waals surface area contributed by atoms with Gasteiger partial charge in [0.05, 0.1) is 14.2 Å². The molecule has 0 aliphatic carbocycles. The van der Waals surface area contributed by atoms with Crippen LogP contribution >= 0.6 is 11.6 Å². The predicted octanol–water partition coefficient (Wildman–Crippen LogP) is 5.07. The van der Waals surface area contributed by atoms with Crippen molar-refractivity contribution in [1.82, 2.24) is 0 Å². The van der Waals surface area contributed by atoms with Crippen LogP contribution in [0.25, 0.3) is 0 Å². The van der Waals surface area contributed by atoms with Gasteiger partial charge >= 0.3 is 11.9 Å². The summed E-state index contributed by atoms with van der Waals surface area (Å²) < 4.78 is 10.5. The number of carbonyl (C=O) groups excluding carboxylic acids is 2. The van der Waals surface area contributed by atoms with Crippen LogP contribution in [0.1, 0.15) is 17.0 Å². The largest absolute Gasteiger partial charge is 0.467 e. The van der Waals surface area contributed by atoms with Crippen LogP contribution in [0.4, 0.5) is 5.69 Å². The van der Waals surface area contributed by atoms with Gasteiger partial charge < -0.3 is 14.4 Å². The van der Waals surface area contributed by atoms with Crippen LogP contribution in [0.5, 0.6) is 0 Å². The second-order valence-corrected chi connectivity index (χ2v) is 7.80. The Hall–Kier alpha value is -3.57. The maximum atomic E-state index is 13.8. The van der Waals surface area contributed by atoms with E-state index in [0.717, 1.165) is 5.56 Å². The third-order valence-corrected chi connectivity index (χ3v) is 5.97. The van der Waals surface area contributed by atoms with E-state index in [9.17, 15) is 9.59 Å². The van der Waals surface area contributed by atoms with E-state index in [1.165, 1.54) is 14.2 Å². The highest BCUT2D eigenvalue weighted by Gasteiger charge is 2.59. The minimum absolute atomic E-state index is 0.257. The zero-order chi connectivity index (χ0) is 22.7. The fourth-order valence-corrected chi connectivity index (χ4v) is 4.49. The second-order valence-electron chi connectivity index (χ2n) is 7.37. The summed E-state index contributed by atoms with van der Waals surface area (Å²) in [5.74, 6) is -1.60. The van der Waals surface area contributed by atoms with Gasteiger partial charge in [-0.05, 0) is 41.5 Å². The molecule has 162 valence electrons. The third-order valence-electron chi connectivity index (χ3n) is 5.72. The Labute approximate surface area is 191 Å². The number of benzene rings is 3. The molecule has 0 radical (unpaired) electrons. The minimum atomic E-state index is -1.38. The first-order valence-corrected chi connectivity index (χ1v) is 10.5. The van der Waals surface area contributed by atoms with Gasteiger partial charge in [0.25, 0.3) is 0 Å². The molecule has 0 N–H and O–H groups in total. The summed E-state index contributed by atoms with van der Waals surface area (Å²) in [6.45, 7) is 0. The lowest BCUT2D eigenvalue weighted by molar-refractivity contribution is -0.147. The third kappa shape index (κ3) is 3.45. The summed E-state index contributed by atoms with van der Waals surface area (Å²) in [5, 5.41) is 0.576.